The van der Waals surface area contributed by atoms with Crippen LogP contribution in [-0.4, -0.2) is 56.7 Å². The van der Waals surface area contributed by atoms with Gasteiger partial charge in [-0.2, -0.15) is 13.2 Å². The van der Waals surface area contributed by atoms with Crippen molar-refractivity contribution >= 4 is 12.4 Å². The van der Waals surface area contributed by atoms with Crippen LogP contribution in [0, 0.1) is 0 Å². The molecule has 0 radical (unpaired) electrons. The summed E-state index contributed by atoms with van der Waals surface area (Å²) in [6.45, 7) is 3.90. The first-order chi connectivity index (χ1) is 11.8. The van der Waals surface area contributed by atoms with Crippen molar-refractivity contribution in [2.45, 2.75) is 51.4 Å². The molecule has 1 aromatic rings. The van der Waals surface area contributed by atoms with Crippen LogP contribution in [0.4, 0.5) is 13.2 Å². The van der Waals surface area contributed by atoms with E-state index in [1.807, 2.05) is 0 Å². The molecule has 1 atom stereocenters. The summed E-state index contributed by atoms with van der Waals surface area (Å²) >= 11 is 0. The summed E-state index contributed by atoms with van der Waals surface area (Å²) < 4.78 is 37.0. The molecule has 1 aliphatic heterocycles. The average Bonchev–Trinajstić information content (AvgIpc) is 3.21. The fourth-order valence-electron chi connectivity index (χ4n) is 2.48. The minimum Gasteiger partial charge on any atom is -0.483 e. The van der Waals surface area contributed by atoms with Crippen LogP contribution in [-0.2, 0) is 22.3 Å². The molecular weight excluding hydrogens is 343 g/mol. The van der Waals surface area contributed by atoms with E-state index in [4.69, 9.17) is 9.90 Å². The van der Waals surface area contributed by atoms with Gasteiger partial charge in [0.05, 0.1) is 6.54 Å². The average molecular weight is 365 g/mol. The smallest absolute Gasteiger partial charge is 0.453 e. The monoisotopic (exact) mass is 365 g/mol. The zero-order chi connectivity index (χ0) is 18.9. The summed E-state index contributed by atoms with van der Waals surface area (Å²) in [4.78, 5) is 25.7. The minimum absolute atomic E-state index is 0.00623. The maximum atomic E-state index is 12.3. The van der Waals surface area contributed by atoms with Crippen LogP contribution in [0.2, 0.25) is 0 Å². The summed E-state index contributed by atoms with van der Waals surface area (Å²) in [5.74, 6) is -1.43. The SMILES string of the molecule is CC(CCC(=O)NCc1nc(C(F)(F)F)n[nH]1)N1CCCC1.O=CO. The van der Waals surface area contributed by atoms with E-state index in [-0.39, 0.29) is 24.7 Å². The molecule has 1 aliphatic rings. The van der Waals surface area contributed by atoms with E-state index in [9.17, 15) is 18.0 Å². The molecule has 1 unspecified atom stereocenters. The van der Waals surface area contributed by atoms with Crippen molar-refractivity contribution in [3.05, 3.63) is 11.6 Å². The van der Waals surface area contributed by atoms with Gasteiger partial charge in [0, 0.05) is 12.5 Å². The van der Waals surface area contributed by atoms with Gasteiger partial charge >= 0.3 is 6.18 Å². The summed E-state index contributed by atoms with van der Waals surface area (Å²) in [7, 11) is 0. The number of aromatic nitrogens is 3. The number of carboxylic acid groups (broad SMARTS) is 1. The highest BCUT2D eigenvalue weighted by Gasteiger charge is 2.36. The predicted octanol–water partition coefficient (Wildman–Crippen LogP) is 1.41. The number of H-pyrrole nitrogens is 1. The Morgan fingerprint density at radius 2 is 2.04 bits per heavy atom. The molecule has 8 nitrogen and oxygen atoms in total. The number of rotatable bonds is 6. The largest absolute Gasteiger partial charge is 0.483 e. The number of carbonyl (C=O) groups is 2. The first-order valence-corrected chi connectivity index (χ1v) is 7.85. The molecule has 11 heteroatoms. The minimum atomic E-state index is -4.58. The second kappa shape index (κ2) is 9.97. The number of alkyl halides is 3. The number of amides is 1. The third-order valence-electron chi connectivity index (χ3n) is 3.79. The standard InChI is InChI=1S/C13H20F3N5O.CH2O2/c1-9(21-6-2-3-7-21)4-5-11(22)17-8-10-18-12(20-19-10)13(14,15)16;2-1-3/h9H,2-8H2,1H3,(H,17,22)(H,18,19,20);1H,(H,2,3). The highest BCUT2D eigenvalue weighted by Crippen LogP contribution is 2.25. The van der Waals surface area contributed by atoms with Crippen molar-refractivity contribution in [2.24, 2.45) is 0 Å². The van der Waals surface area contributed by atoms with Crippen LogP contribution in [0.25, 0.3) is 0 Å². The van der Waals surface area contributed by atoms with Gasteiger partial charge in [-0.1, -0.05) is 0 Å². The number of carbonyl (C=O) groups excluding carboxylic acids is 1. The fourth-order valence-corrected chi connectivity index (χ4v) is 2.48. The molecule has 0 bridgehead atoms. The van der Waals surface area contributed by atoms with Crippen molar-refractivity contribution in [3.8, 4) is 0 Å². The third-order valence-corrected chi connectivity index (χ3v) is 3.79. The van der Waals surface area contributed by atoms with Crippen LogP contribution in [0.15, 0.2) is 0 Å². The molecular formula is C14H22F3N5O3. The third kappa shape index (κ3) is 7.50. The molecule has 0 aromatic carbocycles. The van der Waals surface area contributed by atoms with E-state index in [1.165, 1.54) is 12.8 Å². The number of nitrogens with zero attached hydrogens (tertiary/aromatic N) is 3. The van der Waals surface area contributed by atoms with E-state index in [2.05, 4.69) is 32.3 Å². The molecule has 142 valence electrons. The van der Waals surface area contributed by atoms with Crippen LogP contribution in [0.3, 0.4) is 0 Å². The van der Waals surface area contributed by atoms with Gasteiger partial charge in [0.2, 0.25) is 5.91 Å². The molecule has 2 heterocycles. The maximum absolute atomic E-state index is 12.3. The lowest BCUT2D eigenvalue weighted by Gasteiger charge is -2.23. The lowest BCUT2D eigenvalue weighted by molar-refractivity contribution is -0.144. The maximum Gasteiger partial charge on any atom is 0.453 e. The summed E-state index contributed by atoms with van der Waals surface area (Å²) in [5.41, 5.74) is 0. The van der Waals surface area contributed by atoms with E-state index < -0.39 is 12.0 Å². The predicted molar refractivity (Wildman–Crippen MR) is 81.4 cm³/mol. The van der Waals surface area contributed by atoms with Gasteiger partial charge in [-0.15, -0.1) is 5.10 Å². The Balaban J connectivity index is 0.000000970. The molecule has 0 spiro atoms. The van der Waals surface area contributed by atoms with Crippen molar-refractivity contribution in [1.29, 1.82) is 0 Å². The number of hydrogen-bond donors (Lipinski definition) is 3. The molecule has 0 saturated carbocycles. The number of nitrogens with one attached hydrogen (secondary N) is 2. The first kappa shape index (κ1) is 20.9. The van der Waals surface area contributed by atoms with Gasteiger partial charge in [0.1, 0.15) is 5.82 Å². The van der Waals surface area contributed by atoms with Crippen molar-refractivity contribution < 1.29 is 27.9 Å². The molecule has 1 fully saturated rings. The van der Waals surface area contributed by atoms with Gasteiger partial charge in [0.15, 0.2) is 0 Å². The van der Waals surface area contributed by atoms with E-state index in [1.54, 1.807) is 0 Å². The fraction of sp³-hybridized carbons (Fsp3) is 0.714. The molecule has 1 amide bonds. The van der Waals surface area contributed by atoms with Gasteiger partial charge < -0.3 is 15.3 Å². The van der Waals surface area contributed by atoms with E-state index >= 15 is 0 Å². The van der Waals surface area contributed by atoms with Crippen LogP contribution >= 0.6 is 0 Å². The van der Waals surface area contributed by atoms with Crippen LogP contribution in [0.1, 0.15) is 44.3 Å². The quantitative estimate of drug-likeness (QED) is 0.657. The zero-order valence-electron chi connectivity index (χ0n) is 13.8. The Labute approximate surface area is 142 Å². The van der Waals surface area contributed by atoms with Crippen LogP contribution in [0.5, 0.6) is 0 Å². The van der Waals surface area contributed by atoms with Crippen LogP contribution < -0.4 is 5.32 Å². The second-order valence-corrected chi connectivity index (χ2v) is 5.62. The molecule has 1 aromatic heterocycles. The summed E-state index contributed by atoms with van der Waals surface area (Å²) in [5, 5.41) is 14.7. The Bertz CT molecular complexity index is 544. The lowest BCUT2D eigenvalue weighted by Crippen LogP contribution is -2.32. The molecule has 1 saturated heterocycles. The first-order valence-electron chi connectivity index (χ1n) is 7.85. The Morgan fingerprint density at radius 3 is 2.56 bits per heavy atom. The molecule has 25 heavy (non-hydrogen) atoms. The van der Waals surface area contributed by atoms with E-state index in [0.29, 0.717) is 12.5 Å². The molecule has 2 rings (SSSR count). The van der Waals surface area contributed by atoms with Gasteiger partial charge in [-0.25, -0.2) is 4.98 Å². The van der Waals surface area contributed by atoms with Crippen molar-refractivity contribution in [2.75, 3.05) is 13.1 Å². The summed E-state index contributed by atoms with van der Waals surface area (Å²) in [6.07, 6.45) is -1.11. The Hall–Kier alpha value is -2.17. The number of halogens is 3. The molecule has 3 N–H and O–H groups in total. The second-order valence-electron chi connectivity index (χ2n) is 5.62. The highest BCUT2D eigenvalue weighted by atomic mass is 19.4. The number of hydrogen-bond acceptors (Lipinski definition) is 5. The zero-order valence-corrected chi connectivity index (χ0v) is 13.8. The highest BCUT2D eigenvalue weighted by molar-refractivity contribution is 5.75. The van der Waals surface area contributed by atoms with Crippen molar-refractivity contribution in [3.63, 3.8) is 0 Å². The van der Waals surface area contributed by atoms with Gasteiger partial charge in [-0.3, -0.25) is 14.7 Å². The van der Waals surface area contributed by atoms with Crippen molar-refractivity contribution in [1.82, 2.24) is 25.4 Å². The summed E-state index contributed by atoms with van der Waals surface area (Å²) in [6, 6.07) is 0.343. The number of aromatic amines is 1. The lowest BCUT2D eigenvalue weighted by atomic mass is 10.1. The topological polar surface area (TPSA) is 111 Å². The van der Waals surface area contributed by atoms with Gasteiger partial charge in [0.25, 0.3) is 12.3 Å². The van der Waals surface area contributed by atoms with E-state index in [0.717, 1.165) is 19.5 Å². The molecule has 0 aliphatic carbocycles. The Kier molecular flexibility index (Phi) is 8.32. The Morgan fingerprint density at radius 1 is 1.44 bits per heavy atom. The normalized spacial score (nSPS) is 16.0. The number of likely N-dealkylation sites (tertiary alicyclic amines) is 1. The van der Waals surface area contributed by atoms with Gasteiger partial charge in [-0.05, 0) is 39.3 Å².